The first-order valence-electron chi connectivity index (χ1n) is 7.29. The average molecular weight is 345 g/mol. The van der Waals surface area contributed by atoms with E-state index < -0.39 is 5.60 Å². The molecule has 0 bridgehead atoms. The molecule has 0 N–H and O–H groups in total. The van der Waals surface area contributed by atoms with Gasteiger partial charge in [0.1, 0.15) is 5.60 Å². The summed E-state index contributed by atoms with van der Waals surface area (Å²) in [6, 6.07) is 0. The molecule has 8 heteroatoms. The molecule has 0 aliphatic carbocycles. The molecular weight excluding hydrogens is 322 g/mol. The van der Waals surface area contributed by atoms with E-state index in [0.29, 0.717) is 17.0 Å². The minimum atomic E-state index is -0.443. The summed E-state index contributed by atoms with van der Waals surface area (Å²) in [6.45, 7) is 7.14. The van der Waals surface area contributed by atoms with Crippen LogP contribution in [0.15, 0.2) is 9.64 Å². The van der Waals surface area contributed by atoms with E-state index in [2.05, 4.69) is 10.2 Å². The Labute approximate surface area is 139 Å². The number of rotatable bonds is 5. The molecule has 1 amide bonds. The number of carbonyl (C=O) groups excluding carboxylic acids is 1. The summed E-state index contributed by atoms with van der Waals surface area (Å²) < 4.78 is 10.9. The minimum Gasteiger partial charge on any atom is -0.444 e. The molecule has 1 fully saturated rings. The van der Waals surface area contributed by atoms with Crippen LogP contribution >= 0.6 is 23.5 Å². The molecule has 0 aromatic carbocycles. The zero-order valence-electron chi connectivity index (χ0n) is 13.5. The Morgan fingerprint density at radius 3 is 2.91 bits per heavy atom. The van der Waals surface area contributed by atoms with Gasteiger partial charge in [0.15, 0.2) is 0 Å². The summed E-state index contributed by atoms with van der Waals surface area (Å²) in [7, 11) is 0. The molecule has 0 spiro atoms. The first-order chi connectivity index (χ1) is 10.4. The highest BCUT2D eigenvalue weighted by Crippen LogP contribution is 2.26. The van der Waals surface area contributed by atoms with Gasteiger partial charge in [-0.05, 0) is 39.4 Å². The van der Waals surface area contributed by atoms with Crippen LogP contribution in [0.5, 0.6) is 0 Å². The van der Waals surface area contributed by atoms with Gasteiger partial charge in [-0.3, -0.25) is 0 Å². The van der Waals surface area contributed by atoms with Crippen molar-refractivity contribution in [2.45, 2.75) is 43.8 Å². The molecule has 2 heterocycles. The summed E-state index contributed by atoms with van der Waals surface area (Å²) in [5, 5.41) is 8.63. The second kappa shape index (κ2) is 7.59. The number of thioether (sulfide) groups is 2. The fraction of sp³-hybridized carbons (Fsp3) is 0.786. The maximum absolute atomic E-state index is 12.0. The molecule has 124 valence electrons. The molecule has 1 aliphatic rings. The van der Waals surface area contributed by atoms with Gasteiger partial charge in [0.05, 0.1) is 5.75 Å². The number of aromatic nitrogens is 2. The summed E-state index contributed by atoms with van der Waals surface area (Å²) in [5.41, 5.74) is -0.443. The Kier molecular flexibility index (Phi) is 6.02. The van der Waals surface area contributed by atoms with Gasteiger partial charge in [-0.1, -0.05) is 11.8 Å². The van der Waals surface area contributed by atoms with Crippen molar-refractivity contribution in [2.75, 3.05) is 25.1 Å². The van der Waals surface area contributed by atoms with Crippen molar-refractivity contribution in [3.05, 3.63) is 5.89 Å². The predicted molar refractivity (Wildman–Crippen MR) is 88.2 cm³/mol. The Hall–Kier alpha value is -0.890. The van der Waals surface area contributed by atoms with Crippen molar-refractivity contribution in [1.82, 2.24) is 15.1 Å². The molecule has 1 aromatic rings. The second-order valence-corrected chi connectivity index (χ2v) is 8.12. The summed E-state index contributed by atoms with van der Waals surface area (Å²) >= 11 is 3.22. The number of hydrogen-bond donors (Lipinski definition) is 0. The average Bonchev–Trinajstić information content (AvgIpc) is 3.03. The van der Waals surface area contributed by atoms with Crippen molar-refractivity contribution >= 4 is 29.6 Å². The van der Waals surface area contributed by atoms with Gasteiger partial charge in [-0.2, -0.15) is 11.8 Å². The van der Waals surface area contributed by atoms with Crippen molar-refractivity contribution in [3.8, 4) is 0 Å². The van der Waals surface area contributed by atoms with Gasteiger partial charge in [0.2, 0.25) is 5.89 Å². The molecule has 1 aliphatic heterocycles. The fourth-order valence-corrected chi connectivity index (χ4v) is 3.40. The van der Waals surface area contributed by atoms with E-state index in [0.717, 1.165) is 31.0 Å². The summed E-state index contributed by atoms with van der Waals surface area (Å²) in [5.74, 6) is 2.72. The normalized spacial score (nSPS) is 18.7. The van der Waals surface area contributed by atoms with Gasteiger partial charge in [-0.25, -0.2) is 4.79 Å². The summed E-state index contributed by atoms with van der Waals surface area (Å²) in [4.78, 5) is 13.8. The molecule has 1 saturated heterocycles. The molecule has 1 atom stereocenters. The lowest BCUT2D eigenvalue weighted by molar-refractivity contribution is 0.0289. The number of nitrogens with zero attached hydrogens (tertiary/aromatic N) is 3. The smallest absolute Gasteiger partial charge is 0.410 e. The zero-order valence-corrected chi connectivity index (χ0v) is 15.1. The molecular formula is C14H23N3O3S2. The van der Waals surface area contributed by atoms with Gasteiger partial charge >= 0.3 is 6.09 Å². The SMILES string of the molecule is CSCc1nnc(SC[C@H]2CCN(C(=O)OC(C)(C)C)C2)o1. The molecule has 0 radical (unpaired) electrons. The quantitative estimate of drug-likeness (QED) is 0.759. The number of likely N-dealkylation sites (tertiary alicyclic amines) is 1. The highest BCUT2D eigenvalue weighted by Gasteiger charge is 2.30. The molecule has 1 aromatic heterocycles. The Balaban J connectivity index is 1.75. The van der Waals surface area contributed by atoms with Crippen molar-refractivity contribution in [3.63, 3.8) is 0 Å². The highest BCUT2D eigenvalue weighted by molar-refractivity contribution is 7.99. The van der Waals surface area contributed by atoms with Gasteiger partial charge in [0.25, 0.3) is 5.22 Å². The van der Waals surface area contributed by atoms with E-state index in [1.54, 1.807) is 28.4 Å². The van der Waals surface area contributed by atoms with E-state index in [1.807, 2.05) is 27.0 Å². The fourth-order valence-electron chi connectivity index (χ4n) is 2.13. The van der Waals surface area contributed by atoms with Crippen LogP contribution in [0, 0.1) is 5.92 Å². The van der Waals surface area contributed by atoms with E-state index in [1.165, 1.54) is 0 Å². The monoisotopic (exact) mass is 345 g/mol. The molecule has 6 nitrogen and oxygen atoms in total. The van der Waals surface area contributed by atoms with E-state index in [4.69, 9.17) is 9.15 Å². The number of amides is 1. The van der Waals surface area contributed by atoms with Crippen molar-refractivity contribution < 1.29 is 13.9 Å². The Morgan fingerprint density at radius 2 is 2.23 bits per heavy atom. The second-order valence-electron chi connectivity index (χ2n) is 6.29. The van der Waals surface area contributed by atoms with Crippen LogP contribution in [0.3, 0.4) is 0 Å². The number of carbonyl (C=O) groups is 1. The third kappa shape index (κ3) is 5.39. The standard InChI is InChI=1S/C14H23N3O3S2/c1-14(2,3)20-13(18)17-6-5-10(7-17)8-22-12-16-15-11(19-12)9-21-4/h10H,5-9H2,1-4H3/t10-/m0/s1. The van der Waals surface area contributed by atoms with Crippen LogP contribution in [0.2, 0.25) is 0 Å². The van der Waals surface area contributed by atoms with Gasteiger partial charge in [-0.15, -0.1) is 10.2 Å². The first kappa shape index (κ1) is 17.5. The Morgan fingerprint density at radius 1 is 1.45 bits per heavy atom. The molecule has 0 saturated carbocycles. The number of ether oxygens (including phenoxy) is 1. The van der Waals surface area contributed by atoms with Crippen molar-refractivity contribution in [2.24, 2.45) is 5.92 Å². The number of hydrogen-bond acceptors (Lipinski definition) is 7. The third-order valence-corrected chi connectivity index (χ3v) is 4.68. The van der Waals surface area contributed by atoms with Crippen LogP contribution in [0.25, 0.3) is 0 Å². The third-order valence-electron chi connectivity index (χ3n) is 3.10. The lowest BCUT2D eigenvalue weighted by Gasteiger charge is -2.24. The molecule has 0 unspecified atom stereocenters. The zero-order chi connectivity index (χ0) is 16.2. The topological polar surface area (TPSA) is 68.5 Å². The molecule has 2 rings (SSSR count). The van der Waals surface area contributed by atoms with E-state index in [9.17, 15) is 4.79 Å². The van der Waals surface area contributed by atoms with Crippen LogP contribution in [-0.4, -0.2) is 51.9 Å². The van der Waals surface area contributed by atoms with Crippen LogP contribution in [0.4, 0.5) is 4.79 Å². The maximum atomic E-state index is 12.0. The highest BCUT2D eigenvalue weighted by atomic mass is 32.2. The van der Waals surface area contributed by atoms with Gasteiger partial charge < -0.3 is 14.1 Å². The van der Waals surface area contributed by atoms with Crippen LogP contribution in [-0.2, 0) is 10.5 Å². The maximum Gasteiger partial charge on any atom is 0.410 e. The summed E-state index contributed by atoms with van der Waals surface area (Å²) in [6.07, 6.45) is 2.76. The largest absolute Gasteiger partial charge is 0.444 e. The van der Waals surface area contributed by atoms with Crippen LogP contribution in [0.1, 0.15) is 33.1 Å². The van der Waals surface area contributed by atoms with Gasteiger partial charge in [0, 0.05) is 18.8 Å². The van der Waals surface area contributed by atoms with E-state index in [-0.39, 0.29) is 6.09 Å². The molecule has 22 heavy (non-hydrogen) atoms. The Bertz CT molecular complexity index is 502. The lowest BCUT2D eigenvalue weighted by atomic mass is 10.2. The first-order valence-corrected chi connectivity index (χ1v) is 9.67. The minimum absolute atomic E-state index is 0.222. The van der Waals surface area contributed by atoms with E-state index >= 15 is 0 Å². The van der Waals surface area contributed by atoms with Crippen molar-refractivity contribution in [1.29, 1.82) is 0 Å². The predicted octanol–water partition coefficient (Wildman–Crippen LogP) is 3.28. The van der Waals surface area contributed by atoms with Crippen LogP contribution < -0.4 is 0 Å². The lowest BCUT2D eigenvalue weighted by Crippen LogP contribution is -2.35.